The van der Waals surface area contributed by atoms with Crippen LogP contribution in [-0.4, -0.2) is 25.5 Å². The van der Waals surface area contributed by atoms with Gasteiger partial charge in [0.1, 0.15) is 11.6 Å². The Balaban J connectivity index is 2.25. The lowest BCUT2D eigenvalue weighted by molar-refractivity contribution is -0.116. The summed E-state index contributed by atoms with van der Waals surface area (Å²) in [7, 11) is 1.44. The summed E-state index contributed by atoms with van der Waals surface area (Å²) in [4.78, 5) is 24.3. The summed E-state index contributed by atoms with van der Waals surface area (Å²) < 4.78 is 10.7. The maximum absolute atomic E-state index is 12.3. The van der Waals surface area contributed by atoms with E-state index in [9.17, 15) is 14.9 Å². The van der Waals surface area contributed by atoms with Gasteiger partial charge in [-0.3, -0.25) is 4.79 Å². The van der Waals surface area contributed by atoms with Gasteiger partial charge < -0.3 is 14.8 Å². The van der Waals surface area contributed by atoms with Crippen LogP contribution in [0.5, 0.6) is 11.5 Å². The van der Waals surface area contributed by atoms with Crippen molar-refractivity contribution >= 4 is 18.0 Å². The molecule has 1 amide bonds. The lowest BCUT2D eigenvalue weighted by Gasteiger charge is -2.10. The molecule has 0 aliphatic rings. The SMILES string of the molecule is C=CCNC(=O)/C(C#N)=C/c1ccc(OC(=O)c2cccc(C)c2)c(OC)c1. The molecule has 28 heavy (non-hydrogen) atoms. The largest absolute Gasteiger partial charge is 0.493 e. The number of nitriles is 1. The maximum atomic E-state index is 12.3. The molecule has 0 atom stereocenters. The zero-order valence-electron chi connectivity index (χ0n) is 15.7. The minimum atomic E-state index is -0.508. The molecule has 0 heterocycles. The van der Waals surface area contributed by atoms with Crippen molar-refractivity contribution in [2.45, 2.75) is 6.92 Å². The van der Waals surface area contributed by atoms with Gasteiger partial charge in [-0.2, -0.15) is 5.26 Å². The number of hydrogen-bond donors (Lipinski definition) is 1. The fourth-order valence-corrected chi connectivity index (χ4v) is 2.36. The number of hydrogen-bond acceptors (Lipinski definition) is 5. The van der Waals surface area contributed by atoms with E-state index in [1.165, 1.54) is 19.3 Å². The van der Waals surface area contributed by atoms with Crippen LogP contribution in [0.2, 0.25) is 0 Å². The number of esters is 1. The third kappa shape index (κ3) is 5.32. The van der Waals surface area contributed by atoms with Crippen molar-refractivity contribution in [2.75, 3.05) is 13.7 Å². The third-order valence-electron chi connectivity index (χ3n) is 3.73. The molecule has 0 aromatic heterocycles. The van der Waals surface area contributed by atoms with E-state index >= 15 is 0 Å². The molecule has 6 nitrogen and oxygen atoms in total. The number of amides is 1. The highest BCUT2D eigenvalue weighted by atomic mass is 16.6. The van der Waals surface area contributed by atoms with Gasteiger partial charge in [0.05, 0.1) is 12.7 Å². The smallest absolute Gasteiger partial charge is 0.343 e. The molecule has 1 N–H and O–H groups in total. The minimum absolute atomic E-state index is 0.0617. The first-order chi connectivity index (χ1) is 13.5. The summed E-state index contributed by atoms with van der Waals surface area (Å²) in [5.74, 6) is -0.470. The van der Waals surface area contributed by atoms with Crippen LogP contribution in [0.25, 0.3) is 6.08 Å². The average molecular weight is 376 g/mol. The summed E-state index contributed by atoms with van der Waals surface area (Å²) in [6.45, 7) is 5.65. The molecule has 2 aromatic rings. The van der Waals surface area contributed by atoms with E-state index in [-0.39, 0.29) is 17.9 Å². The van der Waals surface area contributed by atoms with Crippen LogP contribution >= 0.6 is 0 Å². The molecule has 0 unspecified atom stereocenters. The lowest BCUT2D eigenvalue weighted by Crippen LogP contribution is -2.24. The van der Waals surface area contributed by atoms with Crippen molar-refractivity contribution in [3.05, 3.63) is 77.4 Å². The molecular formula is C22H20N2O4. The second-order valence-corrected chi connectivity index (χ2v) is 5.84. The zero-order chi connectivity index (χ0) is 20.5. The number of nitrogens with one attached hydrogen (secondary N) is 1. The topological polar surface area (TPSA) is 88.4 Å². The molecule has 0 fully saturated rings. The molecule has 0 aliphatic heterocycles. The Morgan fingerprint density at radius 1 is 1.21 bits per heavy atom. The zero-order valence-corrected chi connectivity index (χ0v) is 15.7. The fraction of sp³-hybridized carbons (Fsp3) is 0.136. The van der Waals surface area contributed by atoms with Gasteiger partial charge >= 0.3 is 5.97 Å². The highest BCUT2D eigenvalue weighted by Crippen LogP contribution is 2.29. The second-order valence-electron chi connectivity index (χ2n) is 5.84. The van der Waals surface area contributed by atoms with E-state index in [0.29, 0.717) is 16.9 Å². The van der Waals surface area contributed by atoms with Gasteiger partial charge in [0.25, 0.3) is 5.91 Å². The number of nitrogens with zero attached hydrogens (tertiary/aromatic N) is 1. The quantitative estimate of drug-likeness (QED) is 0.263. The Labute approximate surface area is 163 Å². The van der Waals surface area contributed by atoms with Gasteiger partial charge in [0, 0.05) is 6.54 Å². The van der Waals surface area contributed by atoms with Gasteiger partial charge in [-0.25, -0.2) is 4.79 Å². The maximum Gasteiger partial charge on any atom is 0.343 e. The standard InChI is InChI=1S/C22H20N2O4/c1-4-10-24-21(25)18(14-23)12-16-8-9-19(20(13-16)27-3)28-22(26)17-7-5-6-15(2)11-17/h4-9,11-13H,1,10H2,2-3H3,(H,24,25)/b18-12+. The van der Waals surface area contributed by atoms with Crippen molar-refractivity contribution in [1.29, 1.82) is 5.26 Å². The van der Waals surface area contributed by atoms with Crippen molar-refractivity contribution in [2.24, 2.45) is 0 Å². The molecule has 0 saturated carbocycles. The summed E-state index contributed by atoms with van der Waals surface area (Å²) >= 11 is 0. The molecule has 0 aliphatic carbocycles. The van der Waals surface area contributed by atoms with Gasteiger partial charge in [0.15, 0.2) is 11.5 Å². The van der Waals surface area contributed by atoms with Crippen LogP contribution in [0.1, 0.15) is 21.5 Å². The highest BCUT2D eigenvalue weighted by molar-refractivity contribution is 6.01. The van der Waals surface area contributed by atoms with E-state index in [0.717, 1.165) is 5.56 Å². The highest BCUT2D eigenvalue weighted by Gasteiger charge is 2.14. The number of carbonyl (C=O) groups excluding carboxylic acids is 2. The predicted molar refractivity (Wildman–Crippen MR) is 106 cm³/mol. The van der Waals surface area contributed by atoms with Crippen LogP contribution in [0, 0.1) is 18.3 Å². The molecule has 0 radical (unpaired) electrons. The Bertz CT molecular complexity index is 971. The van der Waals surface area contributed by atoms with Gasteiger partial charge in [-0.15, -0.1) is 6.58 Å². The van der Waals surface area contributed by atoms with Crippen LogP contribution in [0.3, 0.4) is 0 Å². The van der Waals surface area contributed by atoms with Gasteiger partial charge in [-0.1, -0.05) is 29.8 Å². The summed E-state index contributed by atoms with van der Waals surface area (Å²) in [5, 5.41) is 11.7. The van der Waals surface area contributed by atoms with Crippen LogP contribution in [0.4, 0.5) is 0 Å². The Hall–Kier alpha value is -3.85. The monoisotopic (exact) mass is 376 g/mol. The van der Waals surface area contributed by atoms with Crippen molar-refractivity contribution < 1.29 is 19.1 Å². The summed E-state index contributed by atoms with van der Waals surface area (Å²) in [6.07, 6.45) is 2.94. The third-order valence-corrected chi connectivity index (χ3v) is 3.73. The van der Waals surface area contributed by atoms with E-state index in [1.807, 2.05) is 19.1 Å². The van der Waals surface area contributed by atoms with Gasteiger partial charge in [0.2, 0.25) is 0 Å². The molecule has 2 rings (SSSR count). The molecule has 0 saturated heterocycles. The number of ether oxygens (including phenoxy) is 2. The molecule has 0 spiro atoms. The molecule has 0 bridgehead atoms. The summed E-state index contributed by atoms with van der Waals surface area (Å²) in [5.41, 5.74) is 1.86. The molecule has 142 valence electrons. The van der Waals surface area contributed by atoms with Crippen molar-refractivity contribution in [3.8, 4) is 17.6 Å². The summed E-state index contributed by atoms with van der Waals surface area (Å²) in [6, 6.07) is 13.7. The van der Waals surface area contributed by atoms with Crippen LogP contribution < -0.4 is 14.8 Å². The van der Waals surface area contributed by atoms with E-state index in [4.69, 9.17) is 9.47 Å². The van der Waals surface area contributed by atoms with E-state index in [1.54, 1.807) is 36.4 Å². The lowest BCUT2D eigenvalue weighted by atomic mass is 10.1. The molecular weight excluding hydrogens is 356 g/mol. The molecule has 6 heteroatoms. The van der Waals surface area contributed by atoms with Crippen LogP contribution in [0.15, 0.2) is 60.7 Å². The van der Waals surface area contributed by atoms with E-state index < -0.39 is 11.9 Å². The normalized spacial score (nSPS) is 10.5. The predicted octanol–water partition coefficient (Wildman–Crippen LogP) is 3.43. The number of aryl methyl sites for hydroxylation is 1. The van der Waals surface area contributed by atoms with E-state index in [2.05, 4.69) is 11.9 Å². The first kappa shape index (κ1) is 20.5. The van der Waals surface area contributed by atoms with Crippen LogP contribution in [-0.2, 0) is 4.79 Å². The second kappa shape index (κ2) is 9.74. The number of methoxy groups -OCH3 is 1. The fourth-order valence-electron chi connectivity index (χ4n) is 2.36. The minimum Gasteiger partial charge on any atom is -0.493 e. The van der Waals surface area contributed by atoms with Crippen molar-refractivity contribution in [3.63, 3.8) is 0 Å². The Kier molecular flexibility index (Phi) is 7.12. The number of benzene rings is 2. The van der Waals surface area contributed by atoms with Crippen molar-refractivity contribution in [1.82, 2.24) is 5.32 Å². The van der Waals surface area contributed by atoms with Gasteiger partial charge in [-0.05, 0) is 42.8 Å². The Morgan fingerprint density at radius 3 is 2.64 bits per heavy atom. The number of rotatable bonds is 7. The number of carbonyl (C=O) groups is 2. The molecule has 2 aromatic carbocycles. The first-order valence-electron chi connectivity index (χ1n) is 8.46. The first-order valence-corrected chi connectivity index (χ1v) is 8.46. The Morgan fingerprint density at radius 2 is 2.00 bits per heavy atom. The average Bonchev–Trinajstić information content (AvgIpc) is 2.70.